The van der Waals surface area contributed by atoms with Gasteiger partial charge in [-0.15, -0.1) is 68.0 Å². The van der Waals surface area contributed by atoms with Crippen LogP contribution in [0, 0.1) is 12.8 Å². The Labute approximate surface area is 530 Å². The molecular formula is C56H57N13O10S8. The third-order valence-corrected chi connectivity index (χ3v) is 20.7. The Kier molecular flexibility index (Phi) is 20.9. The smallest absolute Gasteiger partial charge is 0.308 e. The number of aliphatic hydroxyl groups is 1. The number of thiazole rings is 6. The first kappa shape index (κ1) is 64.2. The minimum absolute atomic E-state index is 0.00613. The van der Waals surface area contributed by atoms with Crippen molar-refractivity contribution in [3.8, 4) is 43.4 Å². The molecule has 0 spiro atoms. The van der Waals surface area contributed by atoms with E-state index >= 15 is 0 Å². The number of hydrogen-bond donors (Lipinski definition) is 7. The van der Waals surface area contributed by atoms with E-state index in [0.29, 0.717) is 68.7 Å². The quantitative estimate of drug-likeness (QED) is 0.0418. The molecule has 10 bridgehead atoms. The number of carbonyl (C=O) groups excluding carboxylic acids is 8. The normalized spacial score (nSPS) is 16.2. The first-order valence-corrected chi connectivity index (χ1v) is 34.2. The van der Waals surface area contributed by atoms with Crippen LogP contribution < -0.4 is 31.9 Å². The zero-order valence-corrected chi connectivity index (χ0v) is 54.3. The number of pyridine rings is 1. The lowest BCUT2D eigenvalue weighted by Gasteiger charge is -2.23. The summed E-state index contributed by atoms with van der Waals surface area (Å²) in [4.78, 5) is 142. The van der Waals surface area contributed by atoms with Gasteiger partial charge in [0.1, 0.15) is 87.7 Å². The topological polar surface area (TPSA) is 328 Å². The van der Waals surface area contributed by atoms with Crippen molar-refractivity contribution in [3.05, 3.63) is 117 Å². The summed E-state index contributed by atoms with van der Waals surface area (Å²) in [6.45, 7) is 11.6. The van der Waals surface area contributed by atoms with Crippen molar-refractivity contribution in [1.29, 1.82) is 0 Å². The molecule has 8 aromatic rings. The molecule has 454 valence electrons. The molecule has 1 aliphatic heterocycles. The van der Waals surface area contributed by atoms with Crippen molar-refractivity contribution < 1.29 is 48.2 Å². The summed E-state index contributed by atoms with van der Waals surface area (Å²) in [6.07, 6.45) is -1.58. The fraction of sp³-hybridized carbons (Fsp3) is 0.339. The van der Waals surface area contributed by atoms with Crippen LogP contribution in [0.4, 0.5) is 0 Å². The van der Waals surface area contributed by atoms with Gasteiger partial charge < -0.3 is 41.7 Å². The highest BCUT2D eigenvalue weighted by Gasteiger charge is 2.33. The molecule has 6 amide bonds. The van der Waals surface area contributed by atoms with E-state index in [1.807, 2.05) is 13.8 Å². The molecule has 0 aliphatic carbocycles. The standard InChI is InChI=1S/C56H57N13O10S8/c1-25(2)40-55-69-43(36(86-55)24-84-87-27(4)70)48(77)59-19-38(72)66-44(45(74)28-12-10-9-11-13-28)54-65-35(23-83-54)52-62-32(20-81-52)42-29(14-15-30(60-42)51-64-33(21-82-51)46(75)58-17-16-39(73)79-56(5,6)7)50-63-34(22-80-50)47(76)61-31(18-37(71)57-8)53-68-41(26(3)85-53)49(78)67-40/h9-15,20-23,25,31,40,44-45,74H,16-19,24H2,1-8H3,(H,57,71)(H,58,75)(H,59,77)(H,61,76)(H,66,72)(H,67,78). The number of ether oxygens (including phenoxy) is 1. The van der Waals surface area contributed by atoms with E-state index in [0.717, 1.165) is 33.5 Å². The molecule has 0 saturated heterocycles. The Morgan fingerprint density at radius 2 is 1.43 bits per heavy atom. The van der Waals surface area contributed by atoms with Crippen LogP contribution in [0.25, 0.3) is 43.4 Å². The molecule has 0 radical (unpaired) electrons. The minimum atomic E-state index is -1.30. The molecule has 8 heterocycles. The molecule has 7 N–H and O–H groups in total. The fourth-order valence-corrected chi connectivity index (χ4v) is 16.0. The maximum atomic E-state index is 14.3. The summed E-state index contributed by atoms with van der Waals surface area (Å²) >= 11 is 7.05. The average Bonchev–Trinajstić information content (AvgIpc) is 2.14. The number of esters is 1. The number of rotatable bonds is 13. The van der Waals surface area contributed by atoms with E-state index in [-0.39, 0.29) is 64.0 Å². The van der Waals surface area contributed by atoms with Gasteiger partial charge in [-0.3, -0.25) is 38.4 Å². The predicted molar refractivity (Wildman–Crippen MR) is 339 cm³/mol. The Hall–Kier alpha value is -7.23. The molecule has 9 rings (SSSR count). The van der Waals surface area contributed by atoms with Crippen LogP contribution in [0.3, 0.4) is 0 Å². The van der Waals surface area contributed by atoms with E-state index in [2.05, 4.69) is 36.9 Å². The zero-order chi connectivity index (χ0) is 62.3. The van der Waals surface area contributed by atoms with Crippen molar-refractivity contribution in [2.75, 3.05) is 20.1 Å². The predicted octanol–water partition coefficient (Wildman–Crippen LogP) is 9.06. The van der Waals surface area contributed by atoms with Gasteiger partial charge in [0.25, 0.3) is 23.6 Å². The van der Waals surface area contributed by atoms with Gasteiger partial charge in [0.05, 0.1) is 37.2 Å². The number of hydrogen-bond acceptors (Lipinski definition) is 25. The van der Waals surface area contributed by atoms with E-state index in [1.54, 1.807) is 91.7 Å². The summed E-state index contributed by atoms with van der Waals surface area (Å²) in [7, 11) is 3.66. The monoisotopic (exact) mass is 1330 g/mol. The van der Waals surface area contributed by atoms with Gasteiger partial charge in [-0.2, -0.15) is 0 Å². The summed E-state index contributed by atoms with van der Waals surface area (Å²) in [5.74, 6) is -4.04. The number of amides is 6. The number of nitrogens with zero attached hydrogens (tertiary/aromatic N) is 7. The van der Waals surface area contributed by atoms with E-state index in [1.165, 1.54) is 70.1 Å². The summed E-state index contributed by atoms with van der Waals surface area (Å²) in [6, 6.07) is 9.30. The highest BCUT2D eigenvalue weighted by Crippen LogP contribution is 2.40. The minimum Gasteiger partial charge on any atom is -0.460 e. The molecule has 4 unspecified atom stereocenters. The summed E-state index contributed by atoms with van der Waals surface area (Å²) < 4.78 is 5.36. The third-order valence-electron chi connectivity index (χ3n) is 12.6. The third kappa shape index (κ3) is 16.1. The maximum Gasteiger partial charge on any atom is 0.308 e. The number of nitrogens with one attached hydrogen (secondary N) is 6. The number of aliphatic hydroxyl groups excluding tert-OH is 1. The number of aryl methyl sites for hydroxylation is 1. The SMILES string of the molecule is CNC(=O)CC1NC(=O)c2csc(n2)-c2ccc(-c3nc(C(=O)NCCC(=O)OC(C)(C)C)cs3)nc2-c2csc(n2)-c2csc(n2)C(C(O)c2ccccc2)NC(=O)CNC(=O)c2nc(sc2CSSC(C)=O)C(C(C)C)NC(=O)c2nc1sc2C. The second kappa shape index (κ2) is 28.3. The van der Waals surface area contributed by atoms with Crippen LogP contribution in [0.2, 0.25) is 0 Å². The first-order chi connectivity index (χ1) is 41.5. The number of carbonyl (C=O) groups is 8. The largest absolute Gasteiger partial charge is 0.460 e. The van der Waals surface area contributed by atoms with Crippen molar-refractivity contribution in [2.45, 2.75) is 96.9 Å². The molecule has 0 saturated carbocycles. The molecule has 4 atom stereocenters. The van der Waals surface area contributed by atoms with E-state index < -0.39 is 77.8 Å². The highest BCUT2D eigenvalue weighted by atomic mass is 33.1. The van der Waals surface area contributed by atoms with Crippen LogP contribution in [0.1, 0.15) is 151 Å². The fourth-order valence-electron chi connectivity index (χ4n) is 8.48. The van der Waals surface area contributed by atoms with Gasteiger partial charge in [-0.1, -0.05) is 55.0 Å². The molecule has 87 heavy (non-hydrogen) atoms. The molecule has 0 fully saturated rings. The molecule has 7 aromatic heterocycles. The van der Waals surface area contributed by atoms with Gasteiger partial charge in [0, 0.05) is 63.1 Å². The summed E-state index contributed by atoms with van der Waals surface area (Å²) in [5, 5.41) is 37.4. The highest BCUT2D eigenvalue weighted by molar-refractivity contribution is 8.81. The lowest BCUT2D eigenvalue weighted by Crippen LogP contribution is -2.40. The van der Waals surface area contributed by atoms with Crippen LogP contribution in [-0.2, 0) is 29.7 Å². The van der Waals surface area contributed by atoms with Gasteiger partial charge in [-0.05, 0) is 62.1 Å². The van der Waals surface area contributed by atoms with Gasteiger partial charge >= 0.3 is 5.97 Å². The Bertz CT molecular complexity index is 3880. The van der Waals surface area contributed by atoms with Crippen molar-refractivity contribution in [3.63, 3.8) is 0 Å². The van der Waals surface area contributed by atoms with Crippen LogP contribution >= 0.6 is 89.6 Å². The molecule has 31 heteroatoms. The van der Waals surface area contributed by atoms with Crippen LogP contribution in [0.15, 0.2) is 64.0 Å². The van der Waals surface area contributed by atoms with Gasteiger partial charge in [0.2, 0.25) is 11.8 Å². The number of fused-ring (bicyclic) bond motifs is 14. The van der Waals surface area contributed by atoms with Gasteiger partial charge in [0.15, 0.2) is 5.12 Å². The van der Waals surface area contributed by atoms with Crippen LogP contribution in [0.5, 0.6) is 0 Å². The second-order valence-corrected chi connectivity index (χ2v) is 29.0. The Morgan fingerprint density at radius 1 is 0.724 bits per heavy atom. The molecule has 23 nitrogen and oxygen atoms in total. The van der Waals surface area contributed by atoms with Crippen LogP contribution in [-0.4, -0.2) is 112 Å². The van der Waals surface area contributed by atoms with Crippen molar-refractivity contribution >= 4 is 136 Å². The van der Waals surface area contributed by atoms with Gasteiger partial charge in [-0.25, -0.2) is 34.9 Å². The average molecular weight is 1330 g/mol. The zero-order valence-electron chi connectivity index (χ0n) is 47.8. The molecular weight excluding hydrogens is 1270 g/mol. The lowest BCUT2D eigenvalue weighted by molar-refractivity contribution is -0.154. The second-order valence-electron chi connectivity index (χ2n) is 20.7. The van der Waals surface area contributed by atoms with Crippen molar-refractivity contribution in [1.82, 2.24) is 66.8 Å². The summed E-state index contributed by atoms with van der Waals surface area (Å²) in [5.41, 5.74) is 1.91. The maximum absolute atomic E-state index is 14.3. The van der Waals surface area contributed by atoms with E-state index in [9.17, 15) is 43.5 Å². The molecule has 1 aliphatic rings. The van der Waals surface area contributed by atoms with E-state index in [4.69, 9.17) is 34.6 Å². The number of aromatic nitrogens is 7. The Morgan fingerprint density at radius 3 is 2.16 bits per heavy atom. The lowest BCUT2D eigenvalue weighted by atomic mass is 10.0. The van der Waals surface area contributed by atoms with Crippen molar-refractivity contribution in [2.24, 2.45) is 5.92 Å². The molecule has 1 aromatic carbocycles. The Balaban J connectivity index is 1.10. The number of benzene rings is 1. The first-order valence-electron chi connectivity index (χ1n) is 26.8.